The Balaban J connectivity index is 1.53. The maximum absolute atomic E-state index is 12.0. The second-order valence-corrected chi connectivity index (χ2v) is 6.14. The van der Waals surface area contributed by atoms with Gasteiger partial charge in [-0.25, -0.2) is 4.98 Å². The minimum absolute atomic E-state index is 0.0497. The molecule has 0 aliphatic rings. The summed E-state index contributed by atoms with van der Waals surface area (Å²) in [5.41, 5.74) is 1.78. The number of oxazole rings is 1. The molecule has 0 saturated carbocycles. The molecule has 1 N–H and O–H groups in total. The van der Waals surface area contributed by atoms with Crippen molar-refractivity contribution < 1.29 is 9.21 Å². The SMILES string of the molecule is CSc1ccc(NC(=O)CCc2ncc(-c3ccccc3)o2)cc1. The monoisotopic (exact) mass is 338 g/mol. The lowest BCUT2D eigenvalue weighted by molar-refractivity contribution is -0.116. The van der Waals surface area contributed by atoms with Gasteiger partial charge in [0, 0.05) is 29.0 Å². The van der Waals surface area contributed by atoms with Crippen LogP contribution in [0, 0.1) is 0 Å². The Morgan fingerprint density at radius 1 is 1.12 bits per heavy atom. The molecule has 0 fully saturated rings. The second kappa shape index (κ2) is 7.84. The number of carbonyl (C=O) groups is 1. The van der Waals surface area contributed by atoms with Crippen LogP contribution in [0.5, 0.6) is 0 Å². The first-order valence-corrected chi connectivity index (χ1v) is 8.91. The average Bonchev–Trinajstić information content (AvgIpc) is 3.10. The third kappa shape index (κ3) is 4.26. The summed E-state index contributed by atoms with van der Waals surface area (Å²) >= 11 is 1.67. The zero-order valence-corrected chi connectivity index (χ0v) is 14.2. The molecule has 5 heteroatoms. The fourth-order valence-corrected chi connectivity index (χ4v) is 2.69. The fourth-order valence-electron chi connectivity index (χ4n) is 2.28. The fraction of sp³-hybridized carbons (Fsp3) is 0.158. The van der Waals surface area contributed by atoms with Crippen molar-refractivity contribution in [2.45, 2.75) is 17.7 Å². The highest BCUT2D eigenvalue weighted by atomic mass is 32.2. The number of hydrogen-bond acceptors (Lipinski definition) is 4. The minimum atomic E-state index is -0.0497. The van der Waals surface area contributed by atoms with E-state index in [1.54, 1.807) is 18.0 Å². The van der Waals surface area contributed by atoms with E-state index in [-0.39, 0.29) is 5.91 Å². The van der Waals surface area contributed by atoms with E-state index in [4.69, 9.17) is 4.42 Å². The van der Waals surface area contributed by atoms with Crippen LogP contribution in [0.3, 0.4) is 0 Å². The summed E-state index contributed by atoms with van der Waals surface area (Å²) in [6.07, 6.45) is 4.53. The molecule has 122 valence electrons. The van der Waals surface area contributed by atoms with E-state index < -0.39 is 0 Å². The summed E-state index contributed by atoms with van der Waals surface area (Å²) < 4.78 is 5.71. The van der Waals surface area contributed by atoms with E-state index >= 15 is 0 Å². The predicted molar refractivity (Wildman–Crippen MR) is 97.1 cm³/mol. The molecule has 1 heterocycles. The molecule has 1 aromatic heterocycles. The number of amides is 1. The van der Waals surface area contributed by atoms with Crippen molar-refractivity contribution in [1.29, 1.82) is 0 Å². The predicted octanol–water partition coefficient (Wildman–Crippen LogP) is 4.63. The number of hydrogen-bond donors (Lipinski definition) is 1. The van der Waals surface area contributed by atoms with Crippen LogP contribution in [0.4, 0.5) is 5.69 Å². The van der Waals surface area contributed by atoms with Crippen molar-refractivity contribution in [3.05, 3.63) is 66.7 Å². The molecule has 0 aliphatic heterocycles. The summed E-state index contributed by atoms with van der Waals surface area (Å²) in [4.78, 5) is 17.4. The van der Waals surface area contributed by atoms with Crippen LogP contribution in [-0.2, 0) is 11.2 Å². The van der Waals surface area contributed by atoms with Crippen LogP contribution in [0.15, 0.2) is 70.1 Å². The standard InChI is InChI=1S/C19H18N2O2S/c1-24-16-9-7-15(8-10-16)21-18(22)11-12-19-20-13-17(23-19)14-5-3-2-4-6-14/h2-10,13H,11-12H2,1H3,(H,21,22). The number of carbonyl (C=O) groups excluding carboxylic acids is 1. The third-order valence-corrected chi connectivity index (χ3v) is 4.30. The highest BCUT2D eigenvalue weighted by Crippen LogP contribution is 2.21. The van der Waals surface area contributed by atoms with Crippen molar-refractivity contribution in [3.63, 3.8) is 0 Å². The Labute approximate surface area is 145 Å². The number of aryl methyl sites for hydroxylation is 1. The number of anilines is 1. The number of nitrogens with one attached hydrogen (secondary N) is 1. The summed E-state index contributed by atoms with van der Waals surface area (Å²) in [5.74, 6) is 1.24. The van der Waals surface area contributed by atoms with Crippen LogP contribution in [0.2, 0.25) is 0 Å². The van der Waals surface area contributed by atoms with Crippen molar-refractivity contribution in [3.8, 4) is 11.3 Å². The van der Waals surface area contributed by atoms with Crippen molar-refractivity contribution >= 4 is 23.4 Å². The number of thioether (sulfide) groups is 1. The molecule has 0 atom stereocenters. The normalized spacial score (nSPS) is 10.5. The molecule has 0 radical (unpaired) electrons. The molecule has 4 nitrogen and oxygen atoms in total. The summed E-state index contributed by atoms with van der Waals surface area (Å²) in [6.45, 7) is 0. The zero-order chi connectivity index (χ0) is 16.8. The summed E-state index contributed by atoms with van der Waals surface area (Å²) in [6, 6.07) is 17.6. The molecule has 24 heavy (non-hydrogen) atoms. The quantitative estimate of drug-likeness (QED) is 0.666. The molecule has 0 spiro atoms. The van der Waals surface area contributed by atoms with Crippen LogP contribution in [0.25, 0.3) is 11.3 Å². The maximum atomic E-state index is 12.0. The van der Waals surface area contributed by atoms with E-state index in [0.717, 1.165) is 17.0 Å². The molecule has 0 aliphatic carbocycles. The van der Waals surface area contributed by atoms with Gasteiger partial charge in [0.2, 0.25) is 5.91 Å². The number of benzene rings is 2. The number of nitrogens with zero attached hydrogens (tertiary/aromatic N) is 1. The zero-order valence-electron chi connectivity index (χ0n) is 13.4. The molecule has 0 unspecified atom stereocenters. The lowest BCUT2D eigenvalue weighted by Gasteiger charge is -2.05. The first-order valence-electron chi connectivity index (χ1n) is 7.68. The lowest BCUT2D eigenvalue weighted by atomic mass is 10.2. The third-order valence-electron chi connectivity index (χ3n) is 3.55. The van der Waals surface area contributed by atoms with Crippen molar-refractivity contribution in [2.75, 3.05) is 11.6 Å². The highest BCUT2D eigenvalue weighted by molar-refractivity contribution is 7.98. The van der Waals surface area contributed by atoms with Gasteiger partial charge >= 0.3 is 0 Å². The molecular formula is C19H18N2O2S. The highest BCUT2D eigenvalue weighted by Gasteiger charge is 2.09. The molecule has 2 aromatic carbocycles. The topological polar surface area (TPSA) is 55.1 Å². The Morgan fingerprint density at radius 2 is 1.88 bits per heavy atom. The van der Waals surface area contributed by atoms with Crippen molar-refractivity contribution in [1.82, 2.24) is 4.98 Å². The van der Waals surface area contributed by atoms with Gasteiger partial charge in [0.1, 0.15) is 0 Å². The number of aromatic nitrogens is 1. The first-order chi connectivity index (χ1) is 11.7. The summed E-state index contributed by atoms with van der Waals surface area (Å²) in [7, 11) is 0. The maximum Gasteiger partial charge on any atom is 0.224 e. The van der Waals surface area contributed by atoms with Gasteiger partial charge < -0.3 is 9.73 Å². The molecule has 1 amide bonds. The smallest absolute Gasteiger partial charge is 0.224 e. The van der Waals surface area contributed by atoms with E-state index in [2.05, 4.69) is 10.3 Å². The van der Waals surface area contributed by atoms with E-state index in [0.29, 0.717) is 18.7 Å². The van der Waals surface area contributed by atoms with E-state index in [1.165, 1.54) is 4.90 Å². The number of rotatable bonds is 6. The minimum Gasteiger partial charge on any atom is -0.441 e. The van der Waals surface area contributed by atoms with Gasteiger partial charge in [-0.15, -0.1) is 11.8 Å². The van der Waals surface area contributed by atoms with Gasteiger partial charge in [0.15, 0.2) is 11.7 Å². The van der Waals surface area contributed by atoms with E-state index in [9.17, 15) is 4.79 Å². The average molecular weight is 338 g/mol. The van der Waals surface area contributed by atoms with Gasteiger partial charge in [0.05, 0.1) is 6.20 Å². The van der Waals surface area contributed by atoms with Crippen LogP contribution in [0.1, 0.15) is 12.3 Å². The van der Waals surface area contributed by atoms with E-state index in [1.807, 2.05) is 60.9 Å². The Kier molecular flexibility index (Phi) is 5.33. The van der Waals surface area contributed by atoms with Crippen LogP contribution < -0.4 is 5.32 Å². The first kappa shape index (κ1) is 16.3. The molecule has 0 bridgehead atoms. The molecule has 0 saturated heterocycles. The van der Waals surface area contributed by atoms with Gasteiger partial charge in [-0.3, -0.25) is 4.79 Å². The Hall–Kier alpha value is -2.53. The van der Waals surface area contributed by atoms with Crippen LogP contribution in [-0.4, -0.2) is 17.1 Å². The molecule has 3 aromatic rings. The van der Waals surface area contributed by atoms with Crippen molar-refractivity contribution in [2.24, 2.45) is 0 Å². The Morgan fingerprint density at radius 3 is 2.58 bits per heavy atom. The largest absolute Gasteiger partial charge is 0.441 e. The van der Waals surface area contributed by atoms with Gasteiger partial charge in [-0.2, -0.15) is 0 Å². The molecular weight excluding hydrogens is 320 g/mol. The summed E-state index contributed by atoms with van der Waals surface area (Å²) in [5, 5.41) is 2.88. The lowest BCUT2D eigenvalue weighted by Crippen LogP contribution is -2.12. The van der Waals surface area contributed by atoms with Gasteiger partial charge in [0.25, 0.3) is 0 Å². The second-order valence-electron chi connectivity index (χ2n) is 5.26. The van der Waals surface area contributed by atoms with Gasteiger partial charge in [-0.05, 0) is 30.5 Å². The van der Waals surface area contributed by atoms with Gasteiger partial charge in [-0.1, -0.05) is 30.3 Å². The van der Waals surface area contributed by atoms with Crippen LogP contribution >= 0.6 is 11.8 Å². The Bertz CT molecular complexity index is 798. The molecule has 3 rings (SSSR count).